The minimum Gasteiger partial charge on any atom is -0.457 e. The Labute approximate surface area is 190 Å². The SMILES string of the molecule is O=C(CCC1=C(NOCc2ccccc2)CCCCCCCCCC1)C1C(=O)COC1=O. The van der Waals surface area contributed by atoms with E-state index in [2.05, 4.69) is 5.48 Å². The molecular weight excluding hydrogens is 406 g/mol. The van der Waals surface area contributed by atoms with Crippen molar-refractivity contribution in [3.05, 3.63) is 47.2 Å². The summed E-state index contributed by atoms with van der Waals surface area (Å²) < 4.78 is 4.75. The van der Waals surface area contributed by atoms with Crippen LogP contribution in [0.1, 0.15) is 82.6 Å². The summed E-state index contributed by atoms with van der Waals surface area (Å²) in [6.07, 6.45) is 12.0. The van der Waals surface area contributed by atoms with Crippen LogP contribution in [0.3, 0.4) is 0 Å². The van der Waals surface area contributed by atoms with Crippen molar-refractivity contribution in [3.63, 3.8) is 0 Å². The largest absolute Gasteiger partial charge is 0.457 e. The number of cyclic esters (lactones) is 1. The number of nitrogens with one attached hydrogen (secondary N) is 1. The van der Waals surface area contributed by atoms with E-state index in [0.29, 0.717) is 13.0 Å². The normalized spacial score (nSPS) is 20.9. The standard InChI is InChI=1S/C26H35NO5/c28-23(25-24(29)19-31-26(25)30)17-16-21-14-10-5-3-1-2-4-6-11-15-22(21)27-32-18-20-12-8-7-9-13-20/h7-9,12-13,25,27H,1-6,10-11,14-19H2. The van der Waals surface area contributed by atoms with Crippen molar-refractivity contribution in [1.82, 2.24) is 5.48 Å². The lowest BCUT2D eigenvalue weighted by molar-refractivity contribution is -0.144. The summed E-state index contributed by atoms with van der Waals surface area (Å²) in [5.74, 6) is -2.68. The molecule has 1 aromatic rings. The number of benzene rings is 1. The van der Waals surface area contributed by atoms with Gasteiger partial charge in [0.1, 0.15) is 0 Å². The fourth-order valence-corrected chi connectivity index (χ4v) is 4.38. The number of ketones is 2. The zero-order chi connectivity index (χ0) is 22.6. The average Bonchev–Trinajstić information content (AvgIpc) is 3.13. The number of allylic oxidation sites excluding steroid dienone is 2. The summed E-state index contributed by atoms with van der Waals surface area (Å²) in [5.41, 5.74) is 6.50. The van der Waals surface area contributed by atoms with Crippen molar-refractivity contribution in [2.24, 2.45) is 5.92 Å². The van der Waals surface area contributed by atoms with E-state index in [9.17, 15) is 14.4 Å². The molecule has 1 fully saturated rings. The lowest BCUT2D eigenvalue weighted by atomic mass is 9.92. The number of Topliss-reactive ketones (excluding diaryl/α,β-unsaturated/α-hetero) is 2. The summed E-state index contributed by atoms with van der Waals surface area (Å²) in [4.78, 5) is 42.1. The van der Waals surface area contributed by atoms with E-state index >= 15 is 0 Å². The van der Waals surface area contributed by atoms with Gasteiger partial charge in [0.05, 0.1) is 6.61 Å². The van der Waals surface area contributed by atoms with Gasteiger partial charge in [-0.2, -0.15) is 0 Å². The Morgan fingerprint density at radius 2 is 1.59 bits per heavy atom. The van der Waals surface area contributed by atoms with Gasteiger partial charge in [0.15, 0.2) is 24.1 Å². The maximum absolute atomic E-state index is 12.6. The van der Waals surface area contributed by atoms with Gasteiger partial charge in [-0.05, 0) is 43.2 Å². The quantitative estimate of drug-likeness (QED) is 0.349. The van der Waals surface area contributed by atoms with E-state index in [1.807, 2.05) is 30.3 Å². The molecule has 32 heavy (non-hydrogen) atoms. The summed E-state index contributed by atoms with van der Waals surface area (Å²) in [6.45, 7) is 0.178. The van der Waals surface area contributed by atoms with E-state index in [1.165, 1.54) is 44.1 Å². The molecule has 0 amide bonds. The summed E-state index contributed by atoms with van der Waals surface area (Å²) in [7, 11) is 0. The number of hydrogen-bond donors (Lipinski definition) is 1. The summed E-state index contributed by atoms with van der Waals surface area (Å²) >= 11 is 0. The first-order chi connectivity index (χ1) is 15.6. The second-order valence-electron chi connectivity index (χ2n) is 8.76. The van der Waals surface area contributed by atoms with Gasteiger partial charge in [-0.1, -0.05) is 68.9 Å². The van der Waals surface area contributed by atoms with E-state index in [-0.39, 0.29) is 18.8 Å². The Morgan fingerprint density at radius 1 is 0.938 bits per heavy atom. The maximum atomic E-state index is 12.6. The molecule has 1 saturated heterocycles. The molecule has 6 heteroatoms. The van der Waals surface area contributed by atoms with Crippen LogP contribution in [0.4, 0.5) is 0 Å². The molecule has 1 N–H and O–H groups in total. The van der Waals surface area contributed by atoms with Crippen LogP contribution in [-0.2, 0) is 30.6 Å². The highest BCUT2D eigenvalue weighted by Crippen LogP contribution is 2.25. The zero-order valence-corrected chi connectivity index (χ0v) is 18.9. The van der Waals surface area contributed by atoms with Gasteiger partial charge in [-0.15, -0.1) is 0 Å². The van der Waals surface area contributed by atoms with Crippen molar-refractivity contribution in [3.8, 4) is 0 Å². The molecule has 1 heterocycles. The van der Waals surface area contributed by atoms with Crippen LogP contribution in [0.5, 0.6) is 0 Å². The van der Waals surface area contributed by atoms with E-state index in [1.54, 1.807) is 0 Å². The Bertz CT molecular complexity index is 786. The second kappa shape index (κ2) is 13.2. The number of ether oxygens (including phenoxy) is 1. The third-order valence-corrected chi connectivity index (χ3v) is 6.27. The fraction of sp³-hybridized carbons (Fsp3) is 0.577. The molecule has 1 unspecified atom stereocenters. The monoisotopic (exact) mass is 441 g/mol. The number of carbonyl (C=O) groups is 3. The van der Waals surface area contributed by atoms with E-state index < -0.39 is 17.7 Å². The third kappa shape index (κ3) is 7.59. The molecule has 174 valence electrons. The molecule has 1 aliphatic carbocycles. The Balaban J connectivity index is 1.67. The number of rotatable bonds is 8. The van der Waals surface area contributed by atoms with Gasteiger partial charge >= 0.3 is 5.97 Å². The van der Waals surface area contributed by atoms with Crippen LogP contribution in [0, 0.1) is 5.92 Å². The molecule has 2 aliphatic rings. The van der Waals surface area contributed by atoms with Gasteiger partial charge < -0.3 is 4.74 Å². The number of hydrogen-bond acceptors (Lipinski definition) is 6. The lowest BCUT2D eigenvalue weighted by Gasteiger charge is -2.19. The van der Waals surface area contributed by atoms with E-state index in [4.69, 9.17) is 9.57 Å². The number of esters is 1. The van der Waals surface area contributed by atoms with Crippen LogP contribution in [0.15, 0.2) is 41.6 Å². The summed E-state index contributed by atoms with van der Waals surface area (Å²) in [6, 6.07) is 10.00. The lowest BCUT2D eigenvalue weighted by Crippen LogP contribution is -2.26. The second-order valence-corrected chi connectivity index (χ2v) is 8.76. The molecule has 0 aromatic heterocycles. The number of carbonyl (C=O) groups excluding carboxylic acids is 3. The molecule has 1 atom stereocenters. The van der Waals surface area contributed by atoms with Gasteiger partial charge in [-0.25, -0.2) is 0 Å². The van der Waals surface area contributed by atoms with E-state index in [0.717, 1.165) is 36.9 Å². The van der Waals surface area contributed by atoms with Crippen molar-refractivity contribution in [2.45, 2.75) is 83.7 Å². The summed E-state index contributed by atoms with van der Waals surface area (Å²) in [5, 5.41) is 0. The van der Waals surface area contributed by atoms with Crippen LogP contribution in [-0.4, -0.2) is 24.1 Å². The topological polar surface area (TPSA) is 81.7 Å². The first kappa shape index (κ1) is 24.2. The fourth-order valence-electron chi connectivity index (χ4n) is 4.38. The zero-order valence-electron chi connectivity index (χ0n) is 18.9. The first-order valence-corrected chi connectivity index (χ1v) is 12.0. The minimum absolute atomic E-state index is 0.171. The highest BCUT2D eigenvalue weighted by molar-refractivity contribution is 6.20. The average molecular weight is 442 g/mol. The van der Waals surface area contributed by atoms with Gasteiger partial charge in [-0.3, -0.25) is 24.7 Å². The van der Waals surface area contributed by atoms with Crippen molar-refractivity contribution >= 4 is 17.5 Å². The minimum atomic E-state index is -1.23. The molecule has 0 bridgehead atoms. The van der Waals surface area contributed by atoms with Crippen LogP contribution in [0.25, 0.3) is 0 Å². The van der Waals surface area contributed by atoms with Crippen molar-refractivity contribution < 1.29 is 24.0 Å². The van der Waals surface area contributed by atoms with Gasteiger partial charge in [0.2, 0.25) is 0 Å². The Hall–Kier alpha value is -2.47. The molecule has 1 aromatic carbocycles. The third-order valence-electron chi connectivity index (χ3n) is 6.27. The Morgan fingerprint density at radius 3 is 2.25 bits per heavy atom. The van der Waals surface area contributed by atoms with Crippen LogP contribution in [0.2, 0.25) is 0 Å². The van der Waals surface area contributed by atoms with Crippen LogP contribution < -0.4 is 5.48 Å². The smallest absolute Gasteiger partial charge is 0.324 e. The first-order valence-electron chi connectivity index (χ1n) is 12.0. The van der Waals surface area contributed by atoms with Gasteiger partial charge in [0.25, 0.3) is 0 Å². The molecule has 0 spiro atoms. The highest BCUT2D eigenvalue weighted by Gasteiger charge is 2.40. The molecule has 0 radical (unpaired) electrons. The predicted octanol–water partition coefficient (Wildman–Crippen LogP) is 4.97. The van der Waals surface area contributed by atoms with Gasteiger partial charge in [0, 0.05) is 12.1 Å². The maximum Gasteiger partial charge on any atom is 0.324 e. The molecule has 3 rings (SSSR count). The predicted molar refractivity (Wildman–Crippen MR) is 121 cm³/mol. The van der Waals surface area contributed by atoms with Crippen molar-refractivity contribution in [1.29, 1.82) is 0 Å². The molecule has 1 aliphatic heterocycles. The molecular formula is C26H35NO5. The van der Waals surface area contributed by atoms with Crippen LogP contribution >= 0.6 is 0 Å². The highest BCUT2D eigenvalue weighted by atomic mass is 16.6. The molecule has 0 saturated carbocycles. The number of hydroxylamine groups is 1. The Kier molecular flexibility index (Phi) is 9.95. The molecule has 6 nitrogen and oxygen atoms in total. The van der Waals surface area contributed by atoms with Crippen molar-refractivity contribution in [2.75, 3.05) is 6.61 Å².